The van der Waals surface area contributed by atoms with Crippen molar-refractivity contribution >= 4 is 5.78 Å². The third kappa shape index (κ3) is 5.12. The summed E-state index contributed by atoms with van der Waals surface area (Å²) in [5.74, 6) is 0.745. The quantitative estimate of drug-likeness (QED) is 0.652. The average molecular weight is 210 g/mol. The fourth-order valence-corrected chi connectivity index (χ4v) is 2.00. The Hall–Kier alpha value is -0.630. The van der Waals surface area contributed by atoms with Gasteiger partial charge >= 0.3 is 0 Å². The number of rotatable bonds is 5. The van der Waals surface area contributed by atoms with Crippen LogP contribution in [0.4, 0.5) is 0 Å². The molecule has 0 atom stereocenters. The fourth-order valence-electron chi connectivity index (χ4n) is 2.00. The molecule has 0 N–H and O–H groups in total. The van der Waals surface area contributed by atoms with E-state index in [1.54, 1.807) is 13.0 Å². The van der Waals surface area contributed by atoms with E-state index in [-0.39, 0.29) is 5.78 Å². The van der Waals surface area contributed by atoms with Gasteiger partial charge in [-0.25, -0.2) is 0 Å². The molecule has 1 fully saturated rings. The molecule has 0 radical (unpaired) electrons. The topological polar surface area (TPSA) is 26.3 Å². The van der Waals surface area contributed by atoms with Gasteiger partial charge in [0, 0.05) is 6.61 Å². The minimum Gasteiger partial charge on any atom is -0.378 e. The number of allylic oxidation sites excluding steroid dienone is 2. The van der Waals surface area contributed by atoms with Gasteiger partial charge in [0.15, 0.2) is 5.78 Å². The zero-order chi connectivity index (χ0) is 11.1. The highest BCUT2D eigenvalue weighted by atomic mass is 16.5. The SMILES string of the molecule is CCCOC1CCC(C=CC(C)=O)CC1. The first-order valence-corrected chi connectivity index (χ1v) is 6.02. The Morgan fingerprint density at radius 1 is 1.33 bits per heavy atom. The molecule has 0 bridgehead atoms. The van der Waals surface area contributed by atoms with Crippen LogP contribution < -0.4 is 0 Å². The lowest BCUT2D eigenvalue weighted by molar-refractivity contribution is -0.112. The molecule has 1 saturated carbocycles. The van der Waals surface area contributed by atoms with Crippen molar-refractivity contribution in [1.29, 1.82) is 0 Å². The minimum absolute atomic E-state index is 0.152. The van der Waals surface area contributed by atoms with Crippen LogP contribution in [0.5, 0.6) is 0 Å². The van der Waals surface area contributed by atoms with Crippen LogP contribution in [0, 0.1) is 5.92 Å². The van der Waals surface area contributed by atoms with Gasteiger partial charge in [-0.1, -0.05) is 13.0 Å². The summed E-state index contributed by atoms with van der Waals surface area (Å²) >= 11 is 0. The van der Waals surface area contributed by atoms with Gasteiger partial charge in [-0.3, -0.25) is 4.79 Å². The first-order chi connectivity index (χ1) is 7.22. The van der Waals surface area contributed by atoms with Gasteiger partial charge in [0.1, 0.15) is 0 Å². The van der Waals surface area contributed by atoms with E-state index in [0.29, 0.717) is 12.0 Å². The van der Waals surface area contributed by atoms with E-state index in [0.717, 1.165) is 38.7 Å². The second-order valence-corrected chi connectivity index (χ2v) is 4.38. The van der Waals surface area contributed by atoms with Crippen LogP contribution in [0.25, 0.3) is 0 Å². The molecule has 0 amide bonds. The summed E-state index contributed by atoms with van der Waals surface area (Å²) in [6.45, 7) is 4.63. The van der Waals surface area contributed by atoms with Gasteiger partial charge in [-0.05, 0) is 51.0 Å². The predicted molar refractivity (Wildman–Crippen MR) is 61.8 cm³/mol. The van der Waals surface area contributed by atoms with Gasteiger partial charge in [0.05, 0.1) is 6.10 Å². The van der Waals surface area contributed by atoms with Crippen molar-refractivity contribution in [3.63, 3.8) is 0 Å². The van der Waals surface area contributed by atoms with Crippen molar-refractivity contribution in [1.82, 2.24) is 0 Å². The molecule has 0 unspecified atom stereocenters. The van der Waals surface area contributed by atoms with E-state index in [1.165, 1.54) is 0 Å². The van der Waals surface area contributed by atoms with Crippen molar-refractivity contribution in [3.8, 4) is 0 Å². The summed E-state index contributed by atoms with van der Waals surface area (Å²) in [6, 6.07) is 0. The molecule has 0 aromatic heterocycles. The molecule has 0 aromatic carbocycles. The Balaban J connectivity index is 2.20. The summed E-state index contributed by atoms with van der Waals surface area (Å²) in [7, 11) is 0. The van der Waals surface area contributed by atoms with Crippen molar-refractivity contribution in [3.05, 3.63) is 12.2 Å². The predicted octanol–water partition coefficient (Wildman–Crippen LogP) is 3.12. The number of ether oxygens (including phenoxy) is 1. The second kappa shape index (κ2) is 6.78. The Kier molecular flexibility index (Phi) is 5.62. The van der Waals surface area contributed by atoms with Crippen molar-refractivity contribution in [2.24, 2.45) is 5.92 Å². The highest BCUT2D eigenvalue weighted by molar-refractivity contribution is 5.87. The van der Waals surface area contributed by atoms with Crippen LogP contribution >= 0.6 is 0 Å². The summed E-state index contributed by atoms with van der Waals surface area (Å²) in [6.07, 6.45) is 9.96. The zero-order valence-electron chi connectivity index (χ0n) is 9.87. The van der Waals surface area contributed by atoms with E-state index in [2.05, 4.69) is 13.0 Å². The summed E-state index contributed by atoms with van der Waals surface area (Å²) < 4.78 is 5.71. The Morgan fingerprint density at radius 3 is 2.53 bits per heavy atom. The molecule has 1 aliphatic carbocycles. The zero-order valence-corrected chi connectivity index (χ0v) is 9.87. The Labute approximate surface area is 92.7 Å². The van der Waals surface area contributed by atoms with Crippen LogP contribution in [-0.4, -0.2) is 18.5 Å². The Morgan fingerprint density at radius 2 is 2.00 bits per heavy atom. The van der Waals surface area contributed by atoms with E-state index in [1.807, 2.05) is 0 Å². The van der Waals surface area contributed by atoms with Crippen molar-refractivity contribution < 1.29 is 9.53 Å². The molecule has 0 spiro atoms. The average Bonchev–Trinajstić information content (AvgIpc) is 2.25. The maximum atomic E-state index is 10.8. The van der Waals surface area contributed by atoms with Crippen LogP contribution in [0.2, 0.25) is 0 Å². The van der Waals surface area contributed by atoms with E-state index >= 15 is 0 Å². The number of ketones is 1. The molecule has 2 heteroatoms. The summed E-state index contributed by atoms with van der Waals surface area (Å²) in [5, 5.41) is 0. The molecule has 0 saturated heterocycles. The number of carbonyl (C=O) groups excluding carboxylic acids is 1. The van der Waals surface area contributed by atoms with Crippen LogP contribution in [0.3, 0.4) is 0 Å². The fraction of sp³-hybridized carbons (Fsp3) is 0.769. The van der Waals surface area contributed by atoms with Gasteiger partial charge in [-0.2, -0.15) is 0 Å². The van der Waals surface area contributed by atoms with Gasteiger partial charge in [0.25, 0.3) is 0 Å². The maximum absolute atomic E-state index is 10.8. The van der Waals surface area contributed by atoms with Gasteiger partial charge in [-0.15, -0.1) is 0 Å². The molecule has 15 heavy (non-hydrogen) atoms. The maximum Gasteiger partial charge on any atom is 0.152 e. The lowest BCUT2D eigenvalue weighted by Gasteiger charge is -2.26. The monoisotopic (exact) mass is 210 g/mol. The molecular formula is C13H22O2. The van der Waals surface area contributed by atoms with Gasteiger partial charge in [0.2, 0.25) is 0 Å². The minimum atomic E-state index is 0.152. The van der Waals surface area contributed by atoms with E-state index in [4.69, 9.17) is 4.74 Å². The second-order valence-electron chi connectivity index (χ2n) is 4.38. The molecule has 2 nitrogen and oxygen atoms in total. The molecule has 0 heterocycles. The first kappa shape index (κ1) is 12.4. The number of hydrogen-bond donors (Lipinski definition) is 0. The summed E-state index contributed by atoms with van der Waals surface area (Å²) in [4.78, 5) is 10.8. The lowest BCUT2D eigenvalue weighted by Crippen LogP contribution is -2.21. The first-order valence-electron chi connectivity index (χ1n) is 6.02. The molecule has 0 aromatic rings. The highest BCUT2D eigenvalue weighted by Crippen LogP contribution is 2.27. The van der Waals surface area contributed by atoms with E-state index in [9.17, 15) is 4.79 Å². The molecule has 86 valence electrons. The standard InChI is InChI=1S/C13H22O2/c1-3-10-15-13-8-6-12(7-9-13)5-4-11(2)14/h4-5,12-13H,3,6-10H2,1-2H3. The Bertz CT molecular complexity index is 213. The smallest absolute Gasteiger partial charge is 0.152 e. The summed E-state index contributed by atoms with van der Waals surface area (Å²) in [5.41, 5.74) is 0. The normalized spacial score (nSPS) is 27.1. The van der Waals surface area contributed by atoms with Crippen LogP contribution in [0.15, 0.2) is 12.2 Å². The lowest BCUT2D eigenvalue weighted by atomic mass is 9.87. The van der Waals surface area contributed by atoms with Crippen molar-refractivity contribution in [2.75, 3.05) is 6.61 Å². The van der Waals surface area contributed by atoms with E-state index < -0.39 is 0 Å². The molecule has 1 aliphatic rings. The molecular weight excluding hydrogens is 188 g/mol. The third-order valence-electron chi connectivity index (χ3n) is 2.88. The number of hydrogen-bond acceptors (Lipinski definition) is 2. The largest absolute Gasteiger partial charge is 0.378 e. The van der Waals surface area contributed by atoms with Crippen molar-refractivity contribution in [2.45, 2.75) is 52.1 Å². The highest BCUT2D eigenvalue weighted by Gasteiger charge is 2.19. The molecule has 1 rings (SSSR count). The van der Waals surface area contributed by atoms with Crippen LogP contribution in [0.1, 0.15) is 46.0 Å². The number of carbonyl (C=O) groups is 1. The molecule has 0 aliphatic heterocycles. The van der Waals surface area contributed by atoms with Crippen LogP contribution in [-0.2, 0) is 9.53 Å². The van der Waals surface area contributed by atoms with Gasteiger partial charge < -0.3 is 4.74 Å². The third-order valence-corrected chi connectivity index (χ3v) is 2.88.